The third kappa shape index (κ3) is 4.53. The highest BCUT2D eigenvalue weighted by Gasteiger charge is 2.30. The number of aromatic nitrogens is 3. The number of para-hydroxylation sites is 1. The van der Waals surface area contributed by atoms with Crippen LogP contribution >= 0.6 is 11.3 Å². The molecule has 3 aromatic rings. The number of amides is 2. The quantitative estimate of drug-likeness (QED) is 0.405. The van der Waals surface area contributed by atoms with Crippen LogP contribution in [0.15, 0.2) is 30.5 Å². The molecule has 1 aliphatic carbocycles. The minimum atomic E-state index is -2.72. The second-order valence-electron chi connectivity index (χ2n) is 7.06. The molecule has 1 fully saturated rings. The van der Waals surface area contributed by atoms with Gasteiger partial charge < -0.3 is 26.4 Å². The third-order valence-corrected chi connectivity index (χ3v) is 5.85. The minimum Gasteiger partial charge on any atom is -0.494 e. The summed E-state index contributed by atoms with van der Waals surface area (Å²) in [5, 5.41) is 16.1. The van der Waals surface area contributed by atoms with E-state index in [0.29, 0.717) is 28.6 Å². The van der Waals surface area contributed by atoms with Gasteiger partial charge in [0.1, 0.15) is 5.01 Å². The Bertz CT molecular complexity index is 1260. The molecule has 0 bridgehead atoms. The monoisotopic (exact) mass is 456 g/mol. The van der Waals surface area contributed by atoms with E-state index in [9.17, 15) is 9.59 Å². The summed E-state index contributed by atoms with van der Waals surface area (Å²) in [6.07, 6.45) is 3.30. The number of hydrogen-bond donors (Lipinski definition) is 4. The van der Waals surface area contributed by atoms with E-state index in [0.717, 1.165) is 17.7 Å². The molecule has 1 aromatic carbocycles. The molecule has 0 radical (unpaired) electrons. The van der Waals surface area contributed by atoms with Crippen LogP contribution in [0.3, 0.4) is 0 Å². The van der Waals surface area contributed by atoms with Gasteiger partial charge >= 0.3 is 0 Å². The lowest BCUT2D eigenvalue weighted by Gasteiger charge is -2.16. The average Bonchev–Trinajstić information content (AvgIpc) is 3.55. The van der Waals surface area contributed by atoms with Crippen molar-refractivity contribution < 1.29 is 18.4 Å². The fourth-order valence-corrected chi connectivity index (χ4v) is 3.86. The number of nitrogens with one attached hydrogen (secondary N) is 3. The first kappa shape index (κ1) is 18.0. The molecule has 11 heteroatoms. The second kappa shape index (κ2) is 9.28. The van der Waals surface area contributed by atoms with Gasteiger partial charge in [0, 0.05) is 40.7 Å². The van der Waals surface area contributed by atoms with Gasteiger partial charge in [0.05, 0.1) is 24.0 Å². The van der Waals surface area contributed by atoms with Crippen LogP contribution in [0, 0.1) is 5.92 Å². The van der Waals surface area contributed by atoms with Gasteiger partial charge in [-0.05, 0) is 25.0 Å². The van der Waals surface area contributed by atoms with Crippen molar-refractivity contribution in [2.24, 2.45) is 11.7 Å². The summed E-state index contributed by atoms with van der Waals surface area (Å²) < 4.78 is 27.7. The first-order chi connectivity index (χ1) is 16.7. The van der Waals surface area contributed by atoms with Crippen molar-refractivity contribution in [2.45, 2.75) is 19.4 Å². The predicted molar refractivity (Wildman–Crippen MR) is 122 cm³/mol. The molecule has 1 saturated carbocycles. The highest BCUT2D eigenvalue weighted by molar-refractivity contribution is 7.15. The zero-order valence-electron chi connectivity index (χ0n) is 20.1. The number of nitrogens with zero attached hydrogens (tertiary/aromatic N) is 3. The number of thiazole rings is 1. The second-order valence-corrected chi connectivity index (χ2v) is 8.17. The number of benzene rings is 1. The molecule has 166 valence electrons. The minimum absolute atomic E-state index is 0.0692. The van der Waals surface area contributed by atoms with E-state index in [1.54, 1.807) is 18.3 Å². The zero-order chi connectivity index (χ0) is 25.2. The summed E-state index contributed by atoms with van der Waals surface area (Å²) in [7, 11) is 1.50. The van der Waals surface area contributed by atoms with Gasteiger partial charge in [-0.3, -0.25) is 9.59 Å². The van der Waals surface area contributed by atoms with E-state index in [1.165, 1.54) is 24.5 Å². The van der Waals surface area contributed by atoms with Gasteiger partial charge in [-0.25, -0.2) is 4.98 Å². The van der Waals surface area contributed by atoms with E-state index in [-0.39, 0.29) is 29.0 Å². The van der Waals surface area contributed by atoms with Crippen molar-refractivity contribution in [3.8, 4) is 16.3 Å². The first-order valence-electron chi connectivity index (χ1n) is 11.3. The van der Waals surface area contributed by atoms with Crippen molar-refractivity contribution in [3.63, 3.8) is 0 Å². The molecule has 1 aliphatic rings. The summed E-state index contributed by atoms with van der Waals surface area (Å²) in [4.78, 5) is 30.1. The van der Waals surface area contributed by atoms with E-state index < -0.39 is 12.9 Å². The van der Waals surface area contributed by atoms with Crippen molar-refractivity contribution in [2.75, 3.05) is 24.7 Å². The van der Waals surface area contributed by atoms with Crippen LogP contribution in [-0.4, -0.2) is 41.1 Å². The first-order valence-corrected chi connectivity index (χ1v) is 10.6. The number of hydrogen-bond acceptors (Lipinski definition) is 9. The molecule has 0 aliphatic heterocycles. The predicted octanol–water partition coefficient (Wildman–Crippen LogP) is 2.52. The van der Waals surface area contributed by atoms with Gasteiger partial charge in [0.25, 0.3) is 5.91 Å². The highest BCUT2D eigenvalue weighted by atomic mass is 32.1. The Hall–Kier alpha value is -3.57. The Balaban J connectivity index is 1.72. The van der Waals surface area contributed by atoms with Crippen molar-refractivity contribution in [1.29, 1.82) is 0 Å². The molecule has 2 heterocycles. The number of carbonyl (C=O) groups excluding carboxylic acids is 2. The number of carbonyl (C=O) groups is 2. The van der Waals surface area contributed by atoms with Gasteiger partial charge in [0.15, 0.2) is 17.3 Å². The molecule has 0 spiro atoms. The maximum atomic E-state index is 12.6. The Morgan fingerprint density at radius 3 is 2.84 bits per heavy atom. The average molecular weight is 457 g/mol. The Labute approximate surface area is 192 Å². The molecule has 0 unspecified atom stereocenters. The number of ether oxygens (including phenoxy) is 1. The van der Waals surface area contributed by atoms with E-state index >= 15 is 0 Å². The molecule has 0 saturated heterocycles. The van der Waals surface area contributed by atoms with Crippen LogP contribution in [-0.2, 0) is 11.3 Å². The SMILES string of the molecule is [2H]C([2H])([2H])NC(=O)c1nnc(NC(=O)C2CC2)cc1Nc1cccc(-c2ncc(CN)s2)c1OC. The largest absolute Gasteiger partial charge is 0.494 e. The lowest BCUT2D eigenvalue weighted by Crippen LogP contribution is -2.22. The molecule has 4 rings (SSSR count). The number of rotatable bonds is 8. The summed E-state index contributed by atoms with van der Waals surface area (Å²) in [5.74, 6) is -0.655. The molecular formula is C21H23N7O3S. The summed E-state index contributed by atoms with van der Waals surface area (Å²) in [6.45, 7) is -2.37. The van der Waals surface area contributed by atoms with Crippen LogP contribution < -0.4 is 26.4 Å². The lowest BCUT2D eigenvalue weighted by atomic mass is 10.1. The number of anilines is 3. The van der Waals surface area contributed by atoms with Crippen LogP contribution in [0.4, 0.5) is 17.2 Å². The molecule has 32 heavy (non-hydrogen) atoms. The molecule has 2 aromatic heterocycles. The summed E-state index contributed by atoms with van der Waals surface area (Å²) >= 11 is 1.42. The maximum Gasteiger partial charge on any atom is 0.273 e. The fraction of sp³-hybridized carbons (Fsp3) is 0.286. The number of methoxy groups -OCH3 is 1. The Kier molecular flexibility index (Phi) is 5.24. The van der Waals surface area contributed by atoms with Crippen molar-refractivity contribution in [3.05, 3.63) is 41.0 Å². The van der Waals surface area contributed by atoms with Gasteiger partial charge in [-0.15, -0.1) is 21.5 Å². The lowest BCUT2D eigenvalue weighted by molar-refractivity contribution is -0.117. The normalized spacial score (nSPS) is 14.6. The van der Waals surface area contributed by atoms with E-state index in [1.807, 2.05) is 11.4 Å². The smallest absolute Gasteiger partial charge is 0.273 e. The van der Waals surface area contributed by atoms with Crippen LogP contribution in [0.25, 0.3) is 10.6 Å². The van der Waals surface area contributed by atoms with Crippen LogP contribution in [0.1, 0.15) is 32.3 Å². The standard InChI is InChI=1S/C21H23N7O3S/c1-23-20(30)17-15(8-16(27-28-17)26-19(29)11-6-7-11)25-14-5-3-4-13(18(14)31-2)21-24-10-12(9-22)32-21/h3-5,8,10-11H,6-7,9,22H2,1-2H3,(H,23,30)(H2,25,26,27,29)/i1D3. The molecule has 5 N–H and O–H groups in total. The van der Waals surface area contributed by atoms with E-state index in [2.05, 4.69) is 25.8 Å². The summed E-state index contributed by atoms with van der Waals surface area (Å²) in [6, 6.07) is 6.74. The zero-order valence-corrected chi connectivity index (χ0v) is 18.0. The molecule has 0 atom stereocenters. The molecule has 10 nitrogen and oxygen atoms in total. The van der Waals surface area contributed by atoms with Crippen LogP contribution in [0.2, 0.25) is 0 Å². The number of nitrogens with two attached hydrogens (primary N) is 1. The molecular weight excluding hydrogens is 430 g/mol. The molecule has 2 amide bonds. The Morgan fingerprint density at radius 2 is 2.16 bits per heavy atom. The van der Waals surface area contributed by atoms with Crippen molar-refractivity contribution in [1.82, 2.24) is 20.5 Å². The third-order valence-electron chi connectivity index (χ3n) is 4.80. The maximum absolute atomic E-state index is 12.6. The van der Waals surface area contributed by atoms with Crippen LogP contribution in [0.5, 0.6) is 5.75 Å². The topological polar surface area (TPSA) is 144 Å². The Morgan fingerprint density at radius 1 is 1.31 bits per heavy atom. The van der Waals surface area contributed by atoms with Crippen molar-refractivity contribution >= 4 is 40.3 Å². The summed E-state index contributed by atoms with van der Waals surface area (Å²) in [5.41, 5.74) is 6.73. The van der Waals surface area contributed by atoms with Gasteiger partial charge in [0.2, 0.25) is 5.91 Å². The van der Waals surface area contributed by atoms with Gasteiger partial charge in [-0.2, -0.15) is 0 Å². The highest BCUT2D eigenvalue weighted by Crippen LogP contribution is 2.40. The van der Waals surface area contributed by atoms with Gasteiger partial charge in [-0.1, -0.05) is 6.07 Å². The van der Waals surface area contributed by atoms with E-state index in [4.69, 9.17) is 14.6 Å². The fourth-order valence-electron chi connectivity index (χ4n) is 3.04.